The van der Waals surface area contributed by atoms with Crippen molar-refractivity contribution in [2.45, 2.75) is 76.7 Å². The van der Waals surface area contributed by atoms with Gasteiger partial charge in [-0.15, -0.1) is 0 Å². The van der Waals surface area contributed by atoms with Gasteiger partial charge in [0.2, 0.25) is 17.7 Å². The molecule has 5 aromatic rings. The highest BCUT2D eigenvalue weighted by Gasteiger charge is 2.45. The maximum absolute atomic E-state index is 15.6. The molecule has 0 spiro atoms. The van der Waals surface area contributed by atoms with Crippen LogP contribution in [0.15, 0.2) is 85.1 Å². The number of likely N-dealkylation sites (N-methyl/N-ethyl adjacent to an activating group) is 1. The van der Waals surface area contributed by atoms with E-state index in [1.165, 1.54) is 19.2 Å². The van der Waals surface area contributed by atoms with Crippen molar-refractivity contribution in [3.05, 3.63) is 129 Å². The Kier molecular flexibility index (Phi) is 17.9. The summed E-state index contributed by atoms with van der Waals surface area (Å²) >= 11 is 12.6. The number of halogens is 3. The zero-order valence-electron chi connectivity index (χ0n) is 40.1. The standard InChI is InChI=1S/C51H61Cl2FN8O7/c1-32-10-8-11-39(57-32)22-36(23-47(63)64)49(66)62-21-9-20-51(31-62,26-34-12-16-37(52)17-13-34)61(6)50(67)43(30-68-7)58-48(65)33(2)55-27-41-42(54)24-38(53)25-45(41)69-40-18-14-35(15-19-40)44-28-56-46(60(44)5)29-59(3)4/h8,10-19,24-25,28,33,36,43,55H,9,20-23,26-27,29-31H2,1-7H3,(H,58,65)(H,63,64)/t33-,36?,43-,51+/m0/s1. The fraction of sp³-hybridized carbons (Fsp3) is 0.412. The van der Waals surface area contributed by atoms with Crippen LogP contribution < -0.4 is 15.4 Å². The van der Waals surface area contributed by atoms with Crippen molar-refractivity contribution in [2.75, 3.05) is 47.9 Å². The molecule has 0 aliphatic carbocycles. The second-order valence-corrected chi connectivity index (χ2v) is 18.9. The number of likely N-dealkylation sites (tertiary alicyclic amines) is 1. The number of aromatic nitrogens is 3. The smallest absolute Gasteiger partial charge is 0.304 e. The first-order valence-corrected chi connectivity index (χ1v) is 23.5. The number of ether oxygens (including phenoxy) is 2. The summed E-state index contributed by atoms with van der Waals surface area (Å²) < 4.78 is 29.3. The van der Waals surface area contributed by atoms with E-state index in [9.17, 15) is 24.3 Å². The first-order chi connectivity index (χ1) is 32.9. The lowest BCUT2D eigenvalue weighted by Gasteiger charge is -2.49. The molecule has 2 aromatic heterocycles. The van der Waals surface area contributed by atoms with Crippen molar-refractivity contribution in [2.24, 2.45) is 13.0 Å². The summed E-state index contributed by atoms with van der Waals surface area (Å²) in [6.07, 6.45) is 2.90. The number of imidazole rings is 1. The van der Waals surface area contributed by atoms with Crippen molar-refractivity contribution in [1.29, 1.82) is 0 Å². The van der Waals surface area contributed by atoms with Gasteiger partial charge in [-0.05, 0) is 113 Å². The number of carbonyl (C=O) groups is 4. The van der Waals surface area contributed by atoms with Crippen LogP contribution in [0.25, 0.3) is 11.3 Å². The molecule has 3 N–H and O–H groups in total. The predicted octanol–water partition coefficient (Wildman–Crippen LogP) is 7.10. The maximum atomic E-state index is 15.6. The van der Waals surface area contributed by atoms with Gasteiger partial charge in [0.15, 0.2) is 0 Å². The molecule has 1 fully saturated rings. The number of rotatable bonds is 21. The molecule has 3 aromatic carbocycles. The summed E-state index contributed by atoms with van der Waals surface area (Å²) in [5.41, 5.74) is 3.21. The number of benzene rings is 3. The normalized spacial score (nSPS) is 16.2. The van der Waals surface area contributed by atoms with Crippen LogP contribution in [0, 0.1) is 18.7 Å². The van der Waals surface area contributed by atoms with Crippen LogP contribution in [0.5, 0.6) is 11.5 Å². The molecule has 18 heteroatoms. The van der Waals surface area contributed by atoms with E-state index in [4.69, 9.17) is 32.7 Å². The number of pyridine rings is 1. The minimum absolute atomic E-state index is 0.100. The summed E-state index contributed by atoms with van der Waals surface area (Å²) in [4.78, 5) is 69.4. The van der Waals surface area contributed by atoms with Crippen LogP contribution in [0.2, 0.25) is 10.0 Å². The number of aryl methyl sites for hydroxylation is 1. The van der Waals surface area contributed by atoms with E-state index in [1.54, 1.807) is 54.1 Å². The number of hydrogen-bond acceptors (Lipinski definition) is 10. The van der Waals surface area contributed by atoms with Crippen molar-refractivity contribution in [3.63, 3.8) is 0 Å². The van der Waals surface area contributed by atoms with Gasteiger partial charge in [0.1, 0.15) is 29.2 Å². The first kappa shape index (κ1) is 52.5. The molecule has 4 atom stereocenters. The summed E-state index contributed by atoms with van der Waals surface area (Å²) in [6.45, 7) is 4.26. The van der Waals surface area contributed by atoms with E-state index >= 15 is 4.39 Å². The topological polar surface area (TPSA) is 171 Å². The van der Waals surface area contributed by atoms with E-state index in [-0.39, 0.29) is 48.4 Å². The molecule has 1 aliphatic rings. The molecule has 368 valence electrons. The fourth-order valence-corrected chi connectivity index (χ4v) is 9.08. The number of nitrogens with zero attached hydrogens (tertiary/aromatic N) is 6. The van der Waals surface area contributed by atoms with E-state index in [2.05, 4.69) is 20.6 Å². The number of aliphatic carboxylic acids is 1. The molecule has 15 nitrogen and oxygen atoms in total. The number of piperidine rings is 1. The highest BCUT2D eigenvalue weighted by atomic mass is 35.5. The third-order valence-corrected chi connectivity index (χ3v) is 13.0. The van der Waals surface area contributed by atoms with Crippen LogP contribution in [0.1, 0.15) is 54.5 Å². The molecule has 0 radical (unpaired) electrons. The second kappa shape index (κ2) is 23.6. The monoisotopic (exact) mass is 986 g/mol. The third kappa shape index (κ3) is 13.7. The van der Waals surface area contributed by atoms with E-state index < -0.39 is 53.6 Å². The minimum atomic E-state index is -1.16. The quantitative estimate of drug-likeness (QED) is 0.0686. The van der Waals surface area contributed by atoms with Crippen molar-refractivity contribution < 1.29 is 38.1 Å². The molecule has 6 rings (SSSR count). The minimum Gasteiger partial charge on any atom is -0.481 e. The third-order valence-electron chi connectivity index (χ3n) is 12.5. The molecule has 1 aliphatic heterocycles. The molecular weight excluding hydrogens is 927 g/mol. The van der Waals surface area contributed by atoms with Gasteiger partial charge in [0.25, 0.3) is 0 Å². The van der Waals surface area contributed by atoms with Gasteiger partial charge in [0.05, 0.1) is 49.0 Å². The Morgan fingerprint density at radius 1 is 1.00 bits per heavy atom. The summed E-state index contributed by atoms with van der Waals surface area (Å²) in [7, 11) is 8.99. The average molecular weight is 988 g/mol. The van der Waals surface area contributed by atoms with Crippen LogP contribution in [0.3, 0.4) is 0 Å². The summed E-state index contributed by atoms with van der Waals surface area (Å²) in [6, 6.07) is 20.6. The Bertz CT molecular complexity index is 2600. The van der Waals surface area contributed by atoms with E-state index in [1.807, 2.05) is 80.1 Å². The number of carboxylic acid groups (broad SMARTS) is 1. The molecule has 3 heterocycles. The average Bonchev–Trinajstić information content (AvgIpc) is 3.66. The van der Waals surface area contributed by atoms with Gasteiger partial charge in [-0.3, -0.25) is 24.2 Å². The summed E-state index contributed by atoms with van der Waals surface area (Å²) in [5, 5.41) is 16.4. The molecule has 3 amide bonds. The zero-order chi connectivity index (χ0) is 50.0. The van der Waals surface area contributed by atoms with E-state index in [0.717, 1.165) is 28.3 Å². The zero-order valence-corrected chi connectivity index (χ0v) is 41.6. The molecule has 0 saturated carbocycles. The highest BCUT2D eigenvalue weighted by molar-refractivity contribution is 6.31. The van der Waals surface area contributed by atoms with Crippen LogP contribution in [0.4, 0.5) is 4.39 Å². The lowest BCUT2D eigenvalue weighted by molar-refractivity contribution is -0.151. The predicted molar refractivity (Wildman–Crippen MR) is 263 cm³/mol. The van der Waals surface area contributed by atoms with Gasteiger partial charge in [-0.1, -0.05) is 41.4 Å². The molecule has 0 bridgehead atoms. The van der Waals surface area contributed by atoms with Gasteiger partial charge in [-0.2, -0.15) is 0 Å². The Labute approximate surface area is 412 Å². The Morgan fingerprint density at radius 2 is 1.72 bits per heavy atom. The Morgan fingerprint density at radius 3 is 2.39 bits per heavy atom. The SMILES string of the molecule is COC[C@H](NC(=O)[C@H](C)NCc1c(F)cc(Cl)cc1Oc1ccc(-c2cnc(CN(C)C)n2C)cc1)C(=O)N(C)[C@@]1(Cc2ccc(Cl)cc2)CCCN(C(=O)C(CC(=O)O)Cc2cccc(C)n2)C1. The van der Waals surface area contributed by atoms with Gasteiger partial charge < -0.3 is 44.5 Å². The van der Waals surface area contributed by atoms with Crippen LogP contribution in [-0.2, 0) is 56.9 Å². The summed E-state index contributed by atoms with van der Waals surface area (Å²) in [5.74, 6) is -2.50. The number of methoxy groups -OCH3 is 1. The van der Waals surface area contributed by atoms with Crippen LogP contribution in [-0.4, -0.2) is 124 Å². The highest BCUT2D eigenvalue weighted by Crippen LogP contribution is 2.35. The molecule has 1 unspecified atom stereocenters. The van der Waals surface area contributed by atoms with Crippen molar-refractivity contribution >= 4 is 46.9 Å². The molecular formula is C51H61Cl2FN8O7. The number of hydrogen-bond donors (Lipinski definition) is 3. The van der Waals surface area contributed by atoms with Gasteiger partial charge in [0, 0.05) is 79.8 Å². The number of nitrogens with one attached hydrogen (secondary N) is 2. The van der Waals surface area contributed by atoms with E-state index in [0.29, 0.717) is 48.8 Å². The fourth-order valence-electron chi connectivity index (χ4n) is 8.76. The van der Waals surface area contributed by atoms with Crippen molar-refractivity contribution in [3.8, 4) is 22.8 Å². The maximum Gasteiger partial charge on any atom is 0.304 e. The number of carboxylic acids is 1. The number of amides is 3. The second-order valence-electron chi connectivity index (χ2n) is 18.0. The van der Waals surface area contributed by atoms with Gasteiger partial charge >= 0.3 is 5.97 Å². The lowest BCUT2D eigenvalue weighted by atomic mass is 9.80. The first-order valence-electron chi connectivity index (χ1n) is 22.8. The van der Waals surface area contributed by atoms with Crippen molar-refractivity contribution in [1.82, 2.24) is 39.9 Å². The van der Waals surface area contributed by atoms with Crippen LogP contribution >= 0.6 is 23.2 Å². The Balaban J connectivity index is 1.17. The van der Waals surface area contributed by atoms with Gasteiger partial charge in [-0.25, -0.2) is 9.37 Å². The largest absolute Gasteiger partial charge is 0.481 e. The number of carbonyl (C=O) groups excluding carboxylic acids is 3. The lowest BCUT2D eigenvalue weighted by Crippen LogP contribution is -2.65. The Hall–Kier alpha value is -5.91. The molecule has 1 saturated heterocycles. The molecule has 69 heavy (non-hydrogen) atoms.